The second-order valence-corrected chi connectivity index (χ2v) is 13.6. The van der Waals surface area contributed by atoms with Crippen LogP contribution >= 0.6 is 11.3 Å². The van der Waals surface area contributed by atoms with E-state index in [1.54, 1.807) is 39.8 Å². The molecule has 206 valence electrons. The molecule has 1 aliphatic carbocycles. The van der Waals surface area contributed by atoms with Crippen LogP contribution in [0.1, 0.15) is 76.9 Å². The summed E-state index contributed by atoms with van der Waals surface area (Å²) in [5.74, 6) is 1.32. The Labute approximate surface area is 228 Å². The van der Waals surface area contributed by atoms with Crippen molar-refractivity contribution in [1.82, 2.24) is 19.8 Å². The second kappa shape index (κ2) is 11.6. The lowest BCUT2D eigenvalue weighted by Gasteiger charge is -2.21. The smallest absolute Gasteiger partial charge is 0.293 e. The summed E-state index contributed by atoms with van der Waals surface area (Å²) in [5, 5.41) is 4.80. The molecule has 9 nitrogen and oxygen atoms in total. The maximum absolute atomic E-state index is 12.7. The molecule has 2 heterocycles. The summed E-state index contributed by atoms with van der Waals surface area (Å²) in [7, 11) is -3.59. The number of aromatic nitrogens is 3. The van der Waals surface area contributed by atoms with Crippen LogP contribution in [0.5, 0.6) is 0 Å². The third-order valence-corrected chi connectivity index (χ3v) is 9.43. The number of carbonyl (C=O) groups excluding carboxylic acids is 1. The van der Waals surface area contributed by atoms with E-state index in [0.29, 0.717) is 29.1 Å². The fourth-order valence-electron chi connectivity index (χ4n) is 4.85. The lowest BCUT2D eigenvalue weighted by Crippen LogP contribution is -2.30. The molecule has 1 fully saturated rings. The summed E-state index contributed by atoms with van der Waals surface area (Å²) >= 11 is 1.49. The minimum Gasteiger partial charge on any atom is -0.461 e. The molecule has 2 aromatic heterocycles. The van der Waals surface area contributed by atoms with Gasteiger partial charge in [0.1, 0.15) is 5.60 Å². The Hall–Kier alpha value is -2.63. The van der Waals surface area contributed by atoms with Crippen molar-refractivity contribution < 1.29 is 22.5 Å². The average Bonchev–Trinajstić information content (AvgIpc) is 3.45. The molecule has 1 N–H and O–H groups in total. The summed E-state index contributed by atoms with van der Waals surface area (Å²) in [4.78, 5) is 21.5. The largest absolute Gasteiger partial charge is 0.461 e. The first-order valence-corrected chi connectivity index (χ1v) is 15.3. The van der Waals surface area contributed by atoms with Gasteiger partial charge in [-0.05, 0) is 70.2 Å². The Morgan fingerprint density at radius 1 is 1.21 bits per heavy atom. The van der Waals surface area contributed by atoms with Gasteiger partial charge in [0.2, 0.25) is 21.7 Å². The van der Waals surface area contributed by atoms with Crippen LogP contribution in [0.15, 0.2) is 27.6 Å². The van der Waals surface area contributed by atoms with E-state index in [1.165, 1.54) is 43.4 Å². The molecule has 11 heteroatoms. The highest BCUT2D eigenvalue weighted by Gasteiger charge is 2.27. The first-order chi connectivity index (χ1) is 18.0. The predicted octanol–water partition coefficient (Wildman–Crippen LogP) is 5.47. The minimum atomic E-state index is -3.59. The Morgan fingerprint density at radius 2 is 1.95 bits per heavy atom. The molecule has 0 atom stereocenters. The average molecular weight is 561 g/mol. The number of thiazole rings is 1. The number of hydrogen-bond donors (Lipinski definition) is 1. The van der Waals surface area contributed by atoms with Crippen LogP contribution in [-0.4, -0.2) is 41.7 Å². The fourth-order valence-corrected chi connectivity index (χ4v) is 7.29. The third-order valence-electron chi connectivity index (χ3n) is 6.65. The van der Waals surface area contributed by atoms with Gasteiger partial charge in [0.05, 0.1) is 21.9 Å². The van der Waals surface area contributed by atoms with E-state index in [4.69, 9.17) is 14.2 Å². The van der Waals surface area contributed by atoms with Crippen molar-refractivity contribution in [3.05, 3.63) is 35.3 Å². The SMILES string of the molecule is Cc1cc(S(=O)(=O)NC(C)C)ccc1-c1sc(-c2noc(CC(C)(C)OC=O)n2)nc1CC1CCCCC1. The molecule has 0 aliphatic heterocycles. The van der Waals surface area contributed by atoms with Crippen LogP contribution in [0.2, 0.25) is 0 Å². The van der Waals surface area contributed by atoms with Crippen molar-refractivity contribution in [2.75, 3.05) is 0 Å². The monoisotopic (exact) mass is 560 g/mol. The number of aryl methyl sites for hydroxylation is 1. The normalized spacial score (nSPS) is 15.2. The number of nitrogens with zero attached hydrogens (tertiary/aromatic N) is 3. The number of carbonyl (C=O) groups is 1. The Kier molecular flexibility index (Phi) is 8.68. The van der Waals surface area contributed by atoms with Gasteiger partial charge in [-0.25, -0.2) is 18.1 Å². The van der Waals surface area contributed by atoms with Gasteiger partial charge < -0.3 is 9.26 Å². The molecule has 38 heavy (non-hydrogen) atoms. The first kappa shape index (κ1) is 28.4. The molecule has 3 aromatic rings. The van der Waals surface area contributed by atoms with E-state index < -0.39 is 15.6 Å². The molecule has 0 saturated heterocycles. The molecule has 0 bridgehead atoms. The highest BCUT2D eigenvalue weighted by molar-refractivity contribution is 7.89. The standard InChI is InChI=1S/C27H36N4O5S2/c1-17(2)31-38(33,34)20-11-12-21(18(3)13-20)24-22(14-19-9-7-6-8-10-19)28-26(37-24)25-29-23(36-30-25)15-27(4,5)35-16-32/h11-13,16-17,19,31H,6-10,14-15H2,1-5H3. The van der Waals surface area contributed by atoms with Crippen molar-refractivity contribution >= 4 is 27.8 Å². The molecule has 0 radical (unpaired) electrons. The molecular weight excluding hydrogens is 524 g/mol. The molecule has 0 unspecified atom stereocenters. The molecule has 4 rings (SSSR count). The van der Waals surface area contributed by atoms with Crippen molar-refractivity contribution in [2.45, 2.75) is 96.1 Å². The van der Waals surface area contributed by atoms with Gasteiger partial charge in [-0.15, -0.1) is 11.3 Å². The van der Waals surface area contributed by atoms with Crippen molar-refractivity contribution in [3.8, 4) is 21.3 Å². The van der Waals surface area contributed by atoms with Crippen LogP contribution in [0.3, 0.4) is 0 Å². The van der Waals surface area contributed by atoms with E-state index in [-0.39, 0.29) is 17.4 Å². The molecule has 0 amide bonds. The van der Waals surface area contributed by atoms with Crippen LogP contribution in [0, 0.1) is 12.8 Å². The summed E-state index contributed by atoms with van der Waals surface area (Å²) in [6.07, 6.45) is 7.25. The van der Waals surface area contributed by atoms with Crippen LogP contribution in [0.25, 0.3) is 21.3 Å². The number of rotatable bonds is 11. The highest BCUT2D eigenvalue weighted by atomic mass is 32.2. The highest BCUT2D eigenvalue weighted by Crippen LogP contribution is 2.39. The number of nitrogens with one attached hydrogen (secondary N) is 1. The second-order valence-electron chi connectivity index (χ2n) is 10.9. The van der Waals surface area contributed by atoms with Gasteiger partial charge in [-0.3, -0.25) is 4.79 Å². The van der Waals surface area contributed by atoms with Crippen molar-refractivity contribution in [3.63, 3.8) is 0 Å². The number of ether oxygens (including phenoxy) is 1. The van der Waals surface area contributed by atoms with E-state index in [9.17, 15) is 13.2 Å². The van der Waals surface area contributed by atoms with Gasteiger partial charge in [0.15, 0.2) is 5.01 Å². The molecule has 1 aromatic carbocycles. The third kappa shape index (κ3) is 6.86. The molecule has 0 spiro atoms. The number of sulfonamides is 1. The maximum Gasteiger partial charge on any atom is 0.293 e. The predicted molar refractivity (Wildman–Crippen MR) is 146 cm³/mol. The van der Waals surface area contributed by atoms with Gasteiger partial charge in [-0.1, -0.05) is 43.3 Å². The zero-order valence-corrected chi connectivity index (χ0v) is 24.2. The quantitative estimate of drug-likeness (QED) is 0.306. The van der Waals surface area contributed by atoms with Crippen molar-refractivity contribution in [2.24, 2.45) is 5.92 Å². The topological polar surface area (TPSA) is 124 Å². The number of benzene rings is 1. The van der Waals surface area contributed by atoms with E-state index >= 15 is 0 Å². The Balaban J connectivity index is 1.69. The minimum absolute atomic E-state index is 0.193. The molecular formula is C27H36N4O5S2. The summed E-state index contributed by atoms with van der Waals surface area (Å²) < 4.78 is 38.7. The zero-order valence-electron chi connectivity index (χ0n) is 22.6. The van der Waals surface area contributed by atoms with Gasteiger partial charge in [-0.2, -0.15) is 4.98 Å². The Bertz CT molecular complexity index is 1370. The van der Waals surface area contributed by atoms with E-state index in [0.717, 1.165) is 28.1 Å². The summed E-state index contributed by atoms with van der Waals surface area (Å²) in [5.41, 5.74) is 2.02. The molecule has 1 aliphatic rings. The Morgan fingerprint density at radius 3 is 2.61 bits per heavy atom. The summed E-state index contributed by atoms with van der Waals surface area (Å²) in [6.45, 7) is 9.50. The zero-order chi connectivity index (χ0) is 27.5. The van der Waals surface area contributed by atoms with Crippen LogP contribution < -0.4 is 4.72 Å². The van der Waals surface area contributed by atoms with Crippen molar-refractivity contribution in [1.29, 1.82) is 0 Å². The molecule has 1 saturated carbocycles. The van der Waals surface area contributed by atoms with E-state index in [2.05, 4.69) is 14.9 Å². The number of hydrogen-bond acceptors (Lipinski definition) is 9. The van der Waals surface area contributed by atoms with Crippen LogP contribution in [-0.2, 0) is 32.4 Å². The van der Waals surface area contributed by atoms with E-state index in [1.807, 2.05) is 13.0 Å². The van der Waals surface area contributed by atoms with Gasteiger partial charge in [0, 0.05) is 6.04 Å². The summed E-state index contributed by atoms with van der Waals surface area (Å²) in [6, 6.07) is 5.04. The lowest BCUT2D eigenvalue weighted by atomic mass is 9.85. The fraction of sp³-hybridized carbons (Fsp3) is 0.556. The van der Waals surface area contributed by atoms with Crippen LogP contribution in [0.4, 0.5) is 0 Å². The lowest BCUT2D eigenvalue weighted by molar-refractivity contribution is -0.140. The van der Waals surface area contributed by atoms with Gasteiger partial charge in [0.25, 0.3) is 6.47 Å². The first-order valence-electron chi connectivity index (χ1n) is 13.0. The van der Waals surface area contributed by atoms with Gasteiger partial charge >= 0.3 is 0 Å². The maximum atomic E-state index is 12.7.